The first kappa shape index (κ1) is 19.4. The molecule has 0 aliphatic carbocycles. The number of rotatable bonds is 6. The van der Waals surface area contributed by atoms with Crippen molar-refractivity contribution < 1.29 is 9.59 Å². The molecule has 2 rings (SSSR count). The number of nitrogens with one attached hydrogen (secondary N) is 1. The first-order valence-corrected chi connectivity index (χ1v) is 9.17. The highest BCUT2D eigenvalue weighted by Crippen LogP contribution is 2.32. The third-order valence-corrected chi connectivity index (χ3v) is 5.53. The van der Waals surface area contributed by atoms with E-state index in [0.29, 0.717) is 13.1 Å². The van der Waals surface area contributed by atoms with Crippen LogP contribution < -0.4 is 16.0 Å². The minimum Gasteiger partial charge on any atom is -0.349 e. The molecule has 1 unspecified atom stereocenters. The molecule has 5 nitrogen and oxygen atoms in total. The zero-order chi connectivity index (χ0) is 18.8. The highest BCUT2D eigenvalue weighted by molar-refractivity contribution is 6.01. The number of hydrogen-bond acceptors (Lipinski definition) is 3. The van der Waals surface area contributed by atoms with Gasteiger partial charge in [-0.25, -0.2) is 0 Å². The predicted molar refractivity (Wildman–Crippen MR) is 102 cm³/mol. The van der Waals surface area contributed by atoms with Gasteiger partial charge >= 0.3 is 0 Å². The Balaban J connectivity index is 2.19. The summed E-state index contributed by atoms with van der Waals surface area (Å²) in [6.07, 6.45) is 1.82. The molecule has 1 heterocycles. The maximum Gasteiger partial charge on any atom is 0.227 e. The lowest BCUT2D eigenvalue weighted by atomic mass is 9.91. The number of nitrogens with two attached hydrogens (primary N) is 1. The summed E-state index contributed by atoms with van der Waals surface area (Å²) >= 11 is 0. The number of amides is 2. The molecule has 1 fully saturated rings. The van der Waals surface area contributed by atoms with Crippen molar-refractivity contribution in [3.8, 4) is 0 Å². The summed E-state index contributed by atoms with van der Waals surface area (Å²) in [6, 6.07) is 4.16. The average molecular weight is 345 g/mol. The molecule has 1 aromatic rings. The van der Waals surface area contributed by atoms with Gasteiger partial charge in [-0.3, -0.25) is 9.59 Å². The van der Waals surface area contributed by atoms with Crippen LogP contribution in [0.25, 0.3) is 0 Å². The van der Waals surface area contributed by atoms with Crippen molar-refractivity contribution in [2.75, 3.05) is 18.0 Å². The molecule has 1 aliphatic rings. The van der Waals surface area contributed by atoms with Crippen LogP contribution in [0.1, 0.15) is 49.8 Å². The number of carbonyl (C=O) groups is 2. The first-order chi connectivity index (χ1) is 11.8. The Morgan fingerprint density at radius 3 is 2.28 bits per heavy atom. The van der Waals surface area contributed by atoms with Crippen molar-refractivity contribution in [1.29, 1.82) is 0 Å². The Hall–Kier alpha value is -1.88. The third-order valence-electron chi connectivity index (χ3n) is 5.53. The van der Waals surface area contributed by atoms with Crippen LogP contribution in [-0.4, -0.2) is 30.4 Å². The van der Waals surface area contributed by atoms with Crippen molar-refractivity contribution in [3.05, 3.63) is 28.8 Å². The van der Waals surface area contributed by atoms with E-state index in [1.54, 1.807) is 4.90 Å². The maximum absolute atomic E-state index is 12.7. The Bertz CT molecular complexity index is 634. The number of hydrogen-bond donors (Lipinski definition) is 2. The summed E-state index contributed by atoms with van der Waals surface area (Å²) in [4.78, 5) is 27.1. The van der Waals surface area contributed by atoms with E-state index in [2.05, 4.69) is 17.4 Å². The second-order valence-corrected chi connectivity index (χ2v) is 7.33. The van der Waals surface area contributed by atoms with Crippen LogP contribution in [0.4, 0.5) is 5.69 Å². The minimum absolute atomic E-state index is 0.0153. The van der Waals surface area contributed by atoms with E-state index in [-0.39, 0.29) is 29.7 Å². The molecule has 1 saturated heterocycles. The molecule has 138 valence electrons. The third kappa shape index (κ3) is 3.87. The normalized spacial score (nSPS) is 17.9. The largest absolute Gasteiger partial charge is 0.349 e. The van der Waals surface area contributed by atoms with E-state index in [9.17, 15) is 9.59 Å². The Morgan fingerprint density at radius 1 is 1.24 bits per heavy atom. The van der Waals surface area contributed by atoms with Gasteiger partial charge in [0.1, 0.15) is 0 Å². The van der Waals surface area contributed by atoms with Gasteiger partial charge in [-0.2, -0.15) is 0 Å². The second-order valence-electron chi connectivity index (χ2n) is 7.33. The van der Waals surface area contributed by atoms with Crippen molar-refractivity contribution in [1.82, 2.24) is 5.32 Å². The molecule has 0 aromatic heterocycles. The smallest absolute Gasteiger partial charge is 0.227 e. The van der Waals surface area contributed by atoms with Crippen LogP contribution in [0, 0.1) is 26.7 Å². The molecule has 1 atom stereocenters. The molecule has 2 amide bonds. The fourth-order valence-corrected chi connectivity index (χ4v) is 3.83. The summed E-state index contributed by atoms with van der Waals surface area (Å²) < 4.78 is 0. The molecule has 5 heteroatoms. The fourth-order valence-electron chi connectivity index (χ4n) is 3.83. The summed E-state index contributed by atoms with van der Waals surface area (Å²) in [6.45, 7) is 11.0. The molecule has 0 bridgehead atoms. The van der Waals surface area contributed by atoms with Gasteiger partial charge in [-0.1, -0.05) is 31.5 Å². The van der Waals surface area contributed by atoms with Crippen molar-refractivity contribution in [3.63, 3.8) is 0 Å². The highest BCUT2D eigenvalue weighted by atomic mass is 16.2. The van der Waals surface area contributed by atoms with E-state index in [0.717, 1.165) is 29.7 Å². The van der Waals surface area contributed by atoms with Gasteiger partial charge in [0.05, 0.1) is 11.5 Å². The van der Waals surface area contributed by atoms with Gasteiger partial charge < -0.3 is 16.0 Å². The minimum atomic E-state index is -0.372. The van der Waals surface area contributed by atoms with Gasteiger partial charge in [0.2, 0.25) is 11.8 Å². The van der Waals surface area contributed by atoms with Gasteiger partial charge in [-0.05, 0) is 44.7 Å². The number of benzene rings is 1. The molecule has 0 radical (unpaired) electrons. The summed E-state index contributed by atoms with van der Waals surface area (Å²) in [7, 11) is 0. The van der Waals surface area contributed by atoms with Crippen molar-refractivity contribution in [2.24, 2.45) is 11.7 Å². The monoisotopic (exact) mass is 345 g/mol. The fraction of sp³-hybridized carbons (Fsp3) is 0.600. The topological polar surface area (TPSA) is 75.4 Å². The van der Waals surface area contributed by atoms with Crippen LogP contribution in [0.2, 0.25) is 0 Å². The highest BCUT2D eigenvalue weighted by Gasteiger charge is 2.38. The summed E-state index contributed by atoms with van der Waals surface area (Å²) in [5, 5.41) is 3.11. The Kier molecular flexibility index (Phi) is 5.88. The lowest BCUT2D eigenvalue weighted by Gasteiger charge is -2.32. The Morgan fingerprint density at radius 2 is 1.80 bits per heavy atom. The van der Waals surface area contributed by atoms with E-state index >= 15 is 0 Å². The SMILES string of the molecule is CCC(CC)(CN)NC(=O)C1CC(=O)N(c2c(C)cc(C)cc2C)C1. The lowest BCUT2D eigenvalue weighted by molar-refractivity contribution is -0.128. The zero-order valence-electron chi connectivity index (χ0n) is 16.1. The van der Waals surface area contributed by atoms with Gasteiger partial charge in [0, 0.05) is 25.2 Å². The molecular formula is C20H31N3O2. The standard InChI is InChI=1S/C20H31N3O2/c1-6-20(7-2,12-21)22-19(25)16-10-17(24)23(11-16)18-14(4)8-13(3)9-15(18)5/h8-9,16H,6-7,10-12,21H2,1-5H3,(H,22,25). The van der Waals surface area contributed by atoms with Gasteiger partial charge in [0.25, 0.3) is 0 Å². The average Bonchev–Trinajstić information content (AvgIpc) is 2.93. The van der Waals surface area contributed by atoms with Crippen molar-refractivity contribution in [2.45, 2.75) is 59.4 Å². The molecule has 0 spiro atoms. The van der Waals surface area contributed by atoms with Crippen LogP contribution >= 0.6 is 0 Å². The van der Waals surface area contributed by atoms with Gasteiger partial charge in [0.15, 0.2) is 0 Å². The maximum atomic E-state index is 12.7. The summed E-state index contributed by atoms with van der Waals surface area (Å²) in [5.41, 5.74) is 9.79. The molecule has 0 saturated carbocycles. The van der Waals surface area contributed by atoms with Crippen LogP contribution in [0.15, 0.2) is 12.1 Å². The molecule has 3 N–H and O–H groups in total. The quantitative estimate of drug-likeness (QED) is 0.832. The molecule has 25 heavy (non-hydrogen) atoms. The van der Waals surface area contributed by atoms with E-state index in [4.69, 9.17) is 5.73 Å². The second kappa shape index (κ2) is 7.56. The zero-order valence-corrected chi connectivity index (χ0v) is 16.1. The van der Waals surface area contributed by atoms with Gasteiger partial charge in [-0.15, -0.1) is 0 Å². The predicted octanol–water partition coefficient (Wildman–Crippen LogP) is 2.60. The number of carbonyl (C=O) groups excluding carboxylic acids is 2. The van der Waals surface area contributed by atoms with Crippen molar-refractivity contribution >= 4 is 17.5 Å². The Labute approximate surface area is 151 Å². The molecule has 1 aliphatic heterocycles. The number of aryl methyl sites for hydroxylation is 3. The molecular weight excluding hydrogens is 314 g/mol. The van der Waals surface area contributed by atoms with Crippen LogP contribution in [0.5, 0.6) is 0 Å². The number of anilines is 1. The lowest BCUT2D eigenvalue weighted by Crippen LogP contribution is -2.54. The van der Waals surface area contributed by atoms with Crippen LogP contribution in [-0.2, 0) is 9.59 Å². The van der Waals surface area contributed by atoms with E-state index < -0.39 is 0 Å². The van der Waals surface area contributed by atoms with E-state index in [1.165, 1.54) is 5.56 Å². The molecule has 1 aromatic carbocycles. The first-order valence-electron chi connectivity index (χ1n) is 9.17. The van der Waals surface area contributed by atoms with Crippen LogP contribution in [0.3, 0.4) is 0 Å². The van der Waals surface area contributed by atoms with E-state index in [1.807, 2.05) is 34.6 Å². The summed E-state index contributed by atoms with van der Waals surface area (Å²) in [5.74, 6) is -0.370. The number of nitrogens with zero attached hydrogens (tertiary/aromatic N) is 1.